The molecule has 0 unspecified atom stereocenters. The molecular formula is C21H30N4O5. The summed E-state index contributed by atoms with van der Waals surface area (Å²) < 4.78 is 5.40. The summed E-state index contributed by atoms with van der Waals surface area (Å²) in [6, 6.07) is 7.29. The Morgan fingerprint density at radius 3 is 2.77 bits per heavy atom. The summed E-state index contributed by atoms with van der Waals surface area (Å²) in [7, 11) is 0. The quantitative estimate of drug-likeness (QED) is 0.477. The molecule has 0 aliphatic carbocycles. The van der Waals surface area contributed by atoms with Gasteiger partial charge in [-0.25, -0.2) is 10.3 Å². The van der Waals surface area contributed by atoms with E-state index < -0.39 is 23.6 Å². The summed E-state index contributed by atoms with van der Waals surface area (Å²) in [5, 5.41) is 25.0. The van der Waals surface area contributed by atoms with E-state index in [1.807, 2.05) is 18.2 Å². The number of carbonyl (C=O) groups excluding carboxylic acids is 1. The van der Waals surface area contributed by atoms with Gasteiger partial charge in [-0.1, -0.05) is 12.1 Å². The van der Waals surface area contributed by atoms with E-state index in [2.05, 4.69) is 10.4 Å². The third-order valence-electron chi connectivity index (χ3n) is 4.86. The van der Waals surface area contributed by atoms with E-state index in [0.29, 0.717) is 31.6 Å². The van der Waals surface area contributed by atoms with Gasteiger partial charge in [0.15, 0.2) is 0 Å². The highest BCUT2D eigenvalue weighted by atomic mass is 16.6. The average molecular weight is 418 g/mol. The standard InChI is InChI=1S/C21H30N4O5/c1-21(2,3)30-20(29)25-8-7-15(12-25)18(19(27)28)10-14-5-4-6-16(9-14)23-11-17(13-26)24-22/h4-6,9,11,15,18,22-23,26H,7-8,10,12-13H2,1-3H3,(H,27,28)/b17-11-,24-22?/t15-,18-/m0/s1. The van der Waals surface area contributed by atoms with E-state index in [1.54, 1.807) is 31.7 Å². The maximum Gasteiger partial charge on any atom is 0.410 e. The molecule has 0 saturated carbocycles. The topological polar surface area (TPSA) is 135 Å². The number of carboxylic acid groups (broad SMARTS) is 1. The fraction of sp³-hybridized carbons (Fsp3) is 0.524. The molecule has 30 heavy (non-hydrogen) atoms. The number of hydrogen-bond acceptors (Lipinski definition) is 7. The Hall–Kier alpha value is -2.94. The van der Waals surface area contributed by atoms with Gasteiger partial charge < -0.3 is 25.2 Å². The van der Waals surface area contributed by atoms with Crippen LogP contribution in [0.25, 0.3) is 0 Å². The number of rotatable bonds is 8. The minimum Gasteiger partial charge on any atom is -0.481 e. The summed E-state index contributed by atoms with van der Waals surface area (Å²) in [6.07, 6.45) is 1.96. The second-order valence-corrected chi connectivity index (χ2v) is 8.37. The zero-order valence-electron chi connectivity index (χ0n) is 17.6. The Bertz CT molecular complexity index is 803. The van der Waals surface area contributed by atoms with Crippen LogP contribution in [0, 0.1) is 17.4 Å². The van der Waals surface area contributed by atoms with E-state index in [4.69, 9.17) is 15.4 Å². The SMILES string of the molecule is CC(C)(C)OC(=O)N1CC[C@H]([C@H](Cc2cccc(N/C=C(/CO)N=N)c2)C(=O)O)C1. The van der Waals surface area contributed by atoms with Crippen LogP contribution in [0.5, 0.6) is 0 Å². The molecule has 164 valence electrons. The van der Waals surface area contributed by atoms with Crippen LogP contribution in [0.15, 0.2) is 41.3 Å². The minimum absolute atomic E-state index is 0.158. The van der Waals surface area contributed by atoms with Gasteiger partial charge in [0, 0.05) is 25.0 Å². The van der Waals surface area contributed by atoms with Crippen molar-refractivity contribution in [1.29, 1.82) is 5.53 Å². The van der Waals surface area contributed by atoms with Crippen molar-refractivity contribution < 1.29 is 24.5 Å². The second kappa shape index (κ2) is 10.2. The van der Waals surface area contributed by atoms with Gasteiger partial charge in [0.25, 0.3) is 0 Å². The molecule has 0 radical (unpaired) electrons. The van der Waals surface area contributed by atoms with Crippen molar-refractivity contribution in [3.05, 3.63) is 41.7 Å². The summed E-state index contributed by atoms with van der Waals surface area (Å²) in [5.74, 6) is -1.67. The van der Waals surface area contributed by atoms with E-state index in [-0.39, 0.29) is 18.2 Å². The maximum atomic E-state index is 12.3. The molecule has 1 heterocycles. The molecule has 1 aromatic carbocycles. The van der Waals surface area contributed by atoms with E-state index in [1.165, 1.54) is 6.20 Å². The molecule has 1 aliphatic heterocycles. The van der Waals surface area contributed by atoms with E-state index in [0.717, 1.165) is 5.56 Å². The fourth-order valence-electron chi connectivity index (χ4n) is 3.39. The zero-order valence-corrected chi connectivity index (χ0v) is 17.6. The first-order valence-corrected chi connectivity index (χ1v) is 9.86. The second-order valence-electron chi connectivity index (χ2n) is 8.37. The van der Waals surface area contributed by atoms with Crippen LogP contribution in [0.3, 0.4) is 0 Å². The number of anilines is 1. The molecule has 4 N–H and O–H groups in total. The predicted octanol–water partition coefficient (Wildman–Crippen LogP) is 3.46. The number of aliphatic hydroxyl groups excluding tert-OH is 1. The van der Waals surface area contributed by atoms with Crippen LogP contribution in [0.1, 0.15) is 32.8 Å². The number of nitrogens with zero attached hydrogens (tertiary/aromatic N) is 2. The number of hydrogen-bond donors (Lipinski definition) is 4. The van der Waals surface area contributed by atoms with Crippen molar-refractivity contribution in [2.45, 2.75) is 39.2 Å². The van der Waals surface area contributed by atoms with Gasteiger partial charge in [0.1, 0.15) is 11.3 Å². The van der Waals surface area contributed by atoms with Gasteiger partial charge in [-0.15, -0.1) is 0 Å². The lowest BCUT2D eigenvalue weighted by Gasteiger charge is -2.25. The number of amides is 1. The first-order chi connectivity index (χ1) is 14.1. The molecule has 0 aromatic heterocycles. The van der Waals surface area contributed by atoms with Crippen LogP contribution in [-0.2, 0) is 16.0 Å². The van der Waals surface area contributed by atoms with Gasteiger partial charge in [-0.2, -0.15) is 5.11 Å². The number of benzene rings is 1. The molecule has 9 nitrogen and oxygen atoms in total. The molecule has 1 amide bonds. The van der Waals surface area contributed by atoms with Crippen LogP contribution in [0.4, 0.5) is 10.5 Å². The molecule has 1 fully saturated rings. The molecule has 2 rings (SSSR count). The normalized spacial score (nSPS) is 18.1. The predicted molar refractivity (Wildman–Crippen MR) is 111 cm³/mol. The van der Waals surface area contributed by atoms with Crippen molar-refractivity contribution in [3.8, 4) is 0 Å². The third-order valence-corrected chi connectivity index (χ3v) is 4.86. The number of ether oxygens (including phenoxy) is 1. The monoisotopic (exact) mass is 418 g/mol. The summed E-state index contributed by atoms with van der Waals surface area (Å²) in [6.45, 7) is 5.89. The van der Waals surface area contributed by atoms with Crippen molar-refractivity contribution in [1.82, 2.24) is 4.90 Å². The van der Waals surface area contributed by atoms with Crippen LogP contribution < -0.4 is 5.32 Å². The molecular weight excluding hydrogens is 388 g/mol. The maximum absolute atomic E-state index is 12.3. The molecule has 1 saturated heterocycles. The lowest BCUT2D eigenvalue weighted by Crippen LogP contribution is -2.36. The van der Waals surface area contributed by atoms with Gasteiger partial charge in [0.05, 0.1) is 12.5 Å². The smallest absolute Gasteiger partial charge is 0.410 e. The lowest BCUT2D eigenvalue weighted by atomic mass is 9.86. The van der Waals surface area contributed by atoms with Crippen LogP contribution >= 0.6 is 0 Å². The third kappa shape index (κ3) is 6.84. The Balaban J connectivity index is 2.05. The largest absolute Gasteiger partial charge is 0.481 e. The Morgan fingerprint density at radius 2 is 2.17 bits per heavy atom. The average Bonchev–Trinajstić information content (AvgIpc) is 3.16. The Kier molecular flexibility index (Phi) is 7.93. The number of carbonyl (C=O) groups is 2. The van der Waals surface area contributed by atoms with Gasteiger partial charge in [0.2, 0.25) is 0 Å². The number of likely N-dealkylation sites (tertiary alicyclic amines) is 1. The number of aliphatic hydroxyl groups is 1. The summed E-state index contributed by atoms with van der Waals surface area (Å²) in [4.78, 5) is 25.8. The van der Waals surface area contributed by atoms with Gasteiger partial charge in [-0.05, 0) is 57.2 Å². The van der Waals surface area contributed by atoms with Gasteiger partial charge >= 0.3 is 12.1 Å². The van der Waals surface area contributed by atoms with Crippen molar-refractivity contribution in [3.63, 3.8) is 0 Å². The summed E-state index contributed by atoms with van der Waals surface area (Å²) >= 11 is 0. The fourth-order valence-corrected chi connectivity index (χ4v) is 3.39. The Labute approximate surface area is 176 Å². The highest BCUT2D eigenvalue weighted by Crippen LogP contribution is 2.29. The molecule has 0 bridgehead atoms. The number of nitrogens with one attached hydrogen (secondary N) is 2. The molecule has 1 aliphatic rings. The van der Waals surface area contributed by atoms with E-state index in [9.17, 15) is 14.7 Å². The highest BCUT2D eigenvalue weighted by Gasteiger charge is 2.37. The molecule has 9 heteroatoms. The van der Waals surface area contributed by atoms with E-state index >= 15 is 0 Å². The molecule has 0 spiro atoms. The number of carboxylic acids is 1. The van der Waals surface area contributed by atoms with Crippen molar-refractivity contribution in [2.75, 3.05) is 25.0 Å². The lowest BCUT2D eigenvalue weighted by molar-refractivity contribution is -0.143. The zero-order chi connectivity index (χ0) is 22.3. The first kappa shape index (κ1) is 23.3. The minimum atomic E-state index is -0.889. The molecule has 1 aromatic rings. The van der Waals surface area contributed by atoms with Crippen LogP contribution in [-0.4, -0.2) is 52.5 Å². The molecule has 2 atom stereocenters. The van der Waals surface area contributed by atoms with Crippen molar-refractivity contribution >= 4 is 17.7 Å². The Morgan fingerprint density at radius 1 is 1.43 bits per heavy atom. The first-order valence-electron chi connectivity index (χ1n) is 9.86. The van der Waals surface area contributed by atoms with Gasteiger partial charge in [-0.3, -0.25) is 4.79 Å². The number of aliphatic carboxylic acids is 1. The van der Waals surface area contributed by atoms with Crippen molar-refractivity contribution in [2.24, 2.45) is 17.0 Å². The highest BCUT2D eigenvalue weighted by molar-refractivity contribution is 5.72. The van der Waals surface area contributed by atoms with Crippen LogP contribution in [0.2, 0.25) is 0 Å². The summed E-state index contributed by atoms with van der Waals surface area (Å²) in [5.41, 5.74) is 8.08.